The van der Waals surface area contributed by atoms with Crippen LogP contribution in [0.25, 0.3) is 0 Å². The molecule has 0 radical (unpaired) electrons. The minimum Gasteiger partial charge on any atom is -0.207 e. The van der Waals surface area contributed by atoms with E-state index < -0.39 is 10.0 Å². The van der Waals surface area contributed by atoms with E-state index in [2.05, 4.69) is 15.9 Å². The largest absolute Gasteiger partial charge is 0.242 e. The van der Waals surface area contributed by atoms with Crippen molar-refractivity contribution in [2.24, 2.45) is 0 Å². The topological polar surface area (TPSA) is 37.4 Å². The molecule has 0 saturated heterocycles. The molecule has 0 aromatic heterocycles. The van der Waals surface area contributed by atoms with E-state index in [1.165, 1.54) is 9.87 Å². The lowest BCUT2D eigenvalue weighted by Gasteiger charge is -2.21. The number of aryl methyl sites for hydroxylation is 2. The van der Waals surface area contributed by atoms with Gasteiger partial charge in [0.05, 0.1) is 9.72 Å². The third-order valence-electron chi connectivity index (χ3n) is 3.59. The summed E-state index contributed by atoms with van der Waals surface area (Å²) in [5, 5.41) is 0. The van der Waals surface area contributed by atoms with Gasteiger partial charge in [-0.3, -0.25) is 0 Å². The van der Waals surface area contributed by atoms with E-state index in [4.69, 9.17) is 0 Å². The van der Waals surface area contributed by atoms with Gasteiger partial charge in [-0.1, -0.05) is 63.5 Å². The summed E-state index contributed by atoms with van der Waals surface area (Å²) in [6.07, 6.45) is 0. The number of alkyl halides is 1. The molecule has 0 N–H and O–H groups in total. The van der Waals surface area contributed by atoms with Gasteiger partial charge in [-0.2, -0.15) is 4.31 Å². The van der Waals surface area contributed by atoms with Crippen molar-refractivity contribution >= 4 is 26.0 Å². The van der Waals surface area contributed by atoms with Gasteiger partial charge in [0.1, 0.15) is 0 Å². The molecule has 2 aromatic carbocycles. The van der Waals surface area contributed by atoms with Crippen LogP contribution in [0, 0.1) is 13.8 Å². The molecule has 0 bridgehead atoms. The molecular formula is C17H20BrNO2S. The molecule has 5 heteroatoms. The highest BCUT2D eigenvalue weighted by Gasteiger charge is 2.23. The Balaban J connectivity index is 2.15. The van der Waals surface area contributed by atoms with Crippen LogP contribution in [-0.4, -0.2) is 26.3 Å². The SMILES string of the molecule is Cc1ccc(C(Br)CN(C)S(=O)(=O)c2ccc(C)cc2)cc1. The Kier molecular flexibility index (Phi) is 5.42. The van der Waals surface area contributed by atoms with Crippen molar-refractivity contribution in [2.45, 2.75) is 23.6 Å². The summed E-state index contributed by atoms with van der Waals surface area (Å²) >= 11 is 3.58. The Morgan fingerprint density at radius 1 is 0.955 bits per heavy atom. The van der Waals surface area contributed by atoms with Crippen molar-refractivity contribution in [2.75, 3.05) is 13.6 Å². The average Bonchev–Trinajstić information content (AvgIpc) is 2.48. The molecule has 3 nitrogen and oxygen atoms in total. The van der Waals surface area contributed by atoms with Crippen LogP contribution in [0.4, 0.5) is 0 Å². The smallest absolute Gasteiger partial charge is 0.207 e. The van der Waals surface area contributed by atoms with Crippen molar-refractivity contribution in [3.05, 3.63) is 65.2 Å². The Hall–Kier alpha value is -1.17. The average molecular weight is 382 g/mol. The maximum Gasteiger partial charge on any atom is 0.242 e. The van der Waals surface area contributed by atoms with Gasteiger partial charge in [0.2, 0.25) is 10.0 Å². The third-order valence-corrected chi connectivity index (χ3v) is 6.24. The Bertz CT molecular complexity index is 724. The normalized spacial score (nSPS) is 13.3. The van der Waals surface area contributed by atoms with Crippen molar-refractivity contribution in [1.29, 1.82) is 0 Å². The minimum absolute atomic E-state index is 0.0432. The Labute approximate surface area is 141 Å². The molecule has 0 aliphatic rings. The molecule has 1 unspecified atom stereocenters. The summed E-state index contributed by atoms with van der Waals surface area (Å²) in [6, 6.07) is 15.0. The molecule has 0 spiro atoms. The number of likely N-dealkylation sites (N-methyl/N-ethyl adjacent to an activating group) is 1. The lowest BCUT2D eigenvalue weighted by atomic mass is 10.1. The highest BCUT2D eigenvalue weighted by Crippen LogP contribution is 2.26. The highest BCUT2D eigenvalue weighted by atomic mass is 79.9. The quantitative estimate of drug-likeness (QED) is 0.732. The molecular weight excluding hydrogens is 362 g/mol. The Morgan fingerprint density at radius 2 is 1.41 bits per heavy atom. The van der Waals surface area contributed by atoms with Crippen LogP contribution in [0.2, 0.25) is 0 Å². The fourth-order valence-corrected chi connectivity index (χ4v) is 4.21. The Morgan fingerprint density at radius 3 is 1.91 bits per heavy atom. The standard InChI is InChI=1S/C17H20BrNO2S/c1-13-4-8-15(9-5-13)17(18)12-19(3)22(20,21)16-10-6-14(2)7-11-16/h4-11,17H,12H2,1-3H3. The van der Waals surface area contributed by atoms with Crippen LogP contribution in [-0.2, 0) is 10.0 Å². The van der Waals surface area contributed by atoms with Crippen LogP contribution in [0.15, 0.2) is 53.4 Å². The second-order valence-electron chi connectivity index (χ2n) is 5.48. The number of sulfonamides is 1. The van der Waals surface area contributed by atoms with Gasteiger partial charge in [0.15, 0.2) is 0 Å². The number of nitrogens with zero attached hydrogens (tertiary/aromatic N) is 1. The van der Waals surface area contributed by atoms with Crippen LogP contribution in [0.1, 0.15) is 21.5 Å². The van der Waals surface area contributed by atoms with E-state index in [1.54, 1.807) is 19.2 Å². The zero-order valence-corrected chi connectivity index (χ0v) is 15.4. The molecule has 0 fully saturated rings. The number of hydrogen-bond donors (Lipinski definition) is 0. The van der Waals surface area contributed by atoms with Crippen molar-refractivity contribution in [3.8, 4) is 0 Å². The first-order chi connectivity index (χ1) is 10.3. The molecule has 22 heavy (non-hydrogen) atoms. The minimum atomic E-state index is -3.46. The molecule has 0 saturated carbocycles. The predicted octanol–water partition coefficient (Wildman–Crippen LogP) is 4.06. The van der Waals surface area contributed by atoms with E-state index in [0.717, 1.165) is 11.1 Å². The monoisotopic (exact) mass is 381 g/mol. The lowest BCUT2D eigenvalue weighted by molar-refractivity contribution is 0.471. The third kappa shape index (κ3) is 3.97. The number of benzene rings is 2. The number of halogens is 1. The van der Waals surface area contributed by atoms with Gasteiger partial charge >= 0.3 is 0 Å². The summed E-state index contributed by atoms with van der Waals surface area (Å²) in [5.74, 6) is 0. The molecule has 1 atom stereocenters. The van der Waals surface area contributed by atoms with E-state index >= 15 is 0 Å². The zero-order chi connectivity index (χ0) is 16.3. The fraction of sp³-hybridized carbons (Fsp3) is 0.294. The maximum absolute atomic E-state index is 12.6. The summed E-state index contributed by atoms with van der Waals surface area (Å²) in [6.45, 7) is 4.34. The van der Waals surface area contributed by atoms with E-state index in [9.17, 15) is 8.42 Å². The van der Waals surface area contributed by atoms with Gasteiger partial charge in [0.25, 0.3) is 0 Å². The van der Waals surface area contributed by atoms with Crippen molar-refractivity contribution in [1.82, 2.24) is 4.31 Å². The zero-order valence-electron chi connectivity index (χ0n) is 13.0. The first-order valence-electron chi connectivity index (χ1n) is 7.04. The molecule has 2 aromatic rings. The van der Waals surface area contributed by atoms with Crippen molar-refractivity contribution in [3.63, 3.8) is 0 Å². The van der Waals surface area contributed by atoms with E-state index in [0.29, 0.717) is 11.4 Å². The molecule has 0 aliphatic carbocycles. The molecule has 118 valence electrons. The molecule has 0 amide bonds. The van der Waals surface area contributed by atoms with Gasteiger partial charge in [-0.05, 0) is 31.5 Å². The lowest BCUT2D eigenvalue weighted by Crippen LogP contribution is -2.29. The second kappa shape index (κ2) is 6.94. The fourth-order valence-electron chi connectivity index (χ4n) is 2.09. The summed E-state index contributed by atoms with van der Waals surface area (Å²) in [5.41, 5.74) is 3.29. The maximum atomic E-state index is 12.6. The predicted molar refractivity (Wildman–Crippen MR) is 93.8 cm³/mol. The highest BCUT2D eigenvalue weighted by molar-refractivity contribution is 9.09. The van der Waals surface area contributed by atoms with Crippen LogP contribution < -0.4 is 0 Å². The van der Waals surface area contributed by atoms with Gasteiger partial charge < -0.3 is 0 Å². The van der Waals surface area contributed by atoms with Gasteiger partial charge in [-0.25, -0.2) is 8.42 Å². The summed E-state index contributed by atoms with van der Waals surface area (Å²) in [7, 11) is -1.85. The number of hydrogen-bond acceptors (Lipinski definition) is 2. The molecule has 0 heterocycles. The first-order valence-corrected chi connectivity index (χ1v) is 9.40. The van der Waals surface area contributed by atoms with Crippen LogP contribution in [0.3, 0.4) is 0 Å². The van der Waals surface area contributed by atoms with Crippen LogP contribution >= 0.6 is 15.9 Å². The summed E-state index contributed by atoms with van der Waals surface area (Å²) in [4.78, 5) is 0.280. The van der Waals surface area contributed by atoms with Gasteiger partial charge in [-0.15, -0.1) is 0 Å². The van der Waals surface area contributed by atoms with E-state index in [1.807, 2.05) is 50.2 Å². The number of rotatable bonds is 5. The van der Waals surface area contributed by atoms with Crippen LogP contribution in [0.5, 0.6) is 0 Å². The molecule has 0 aliphatic heterocycles. The summed E-state index contributed by atoms with van der Waals surface area (Å²) < 4.78 is 26.5. The van der Waals surface area contributed by atoms with E-state index in [-0.39, 0.29) is 4.83 Å². The van der Waals surface area contributed by atoms with Gasteiger partial charge in [0, 0.05) is 13.6 Å². The first kappa shape index (κ1) is 17.2. The van der Waals surface area contributed by atoms with Crippen molar-refractivity contribution < 1.29 is 8.42 Å². The molecule has 2 rings (SSSR count). The second-order valence-corrected chi connectivity index (χ2v) is 8.63.